The Morgan fingerprint density at radius 2 is 1.63 bits per heavy atom. The summed E-state index contributed by atoms with van der Waals surface area (Å²) in [4.78, 5) is 24.1. The van der Waals surface area contributed by atoms with E-state index in [9.17, 15) is 14.9 Å². The van der Waals surface area contributed by atoms with Crippen LogP contribution in [0.25, 0.3) is 0 Å². The van der Waals surface area contributed by atoms with Gasteiger partial charge in [0.05, 0.1) is 11.3 Å². The van der Waals surface area contributed by atoms with Crippen LogP contribution in [0.1, 0.15) is 33.3 Å². The van der Waals surface area contributed by atoms with E-state index >= 15 is 0 Å². The third kappa shape index (κ3) is 4.05. The summed E-state index contributed by atoms with van der Waals surface area (Å²) < 4.78 is 0. The van der Waals surface area contributed by atoms with Gasteiger partial charge >= 0.3 is 0 Å². The number of hydrogen-bond acceptors (Lipinski definition) is 3. The van der Waals surface area contributed by atoms with E-state index in [-0.39, 0.29) is 30.1 Å². The smallest absolute Gasteiger partial charge is 0.269 e. The van der Waals surface area contributed by atoms with E-state index in [4.69, 9.17) is 0 Å². The molecule has 104 valence electrons. The summed E-state index contributed by atoms with van der Waals surface area (Å²) in [5.41, 5.74) is 0.836. The molecule has 1 aromatic rings. The van der Waals surface area contributed by atoms with Crippen LogP contribution in [0.3, 0.4) is 0 Å². The summed E-state index contributed by atoms with van der Waals surface area (Å²) >= 11 is 0. The summed E-state index contributed by atoms with van der Waals surface area (Å²) in [5, 5.41) is 10.6. The third-order valence-electron chi connectivity index (χ3n) is 2.90. The first-order valence-corrected chi connectivity index (χ1v) is 6.37. The first-order chi connectivity index (χ1) is 8.82. The lowest BCUT2D eigenvalue weighted by Crippen LogP contribution is -2.42. The molecule has 0 fully saturated rings. The number of hydrogen-bond donors (Lipinski definition) is 0. The molecule has 19 heavy (non-hydrogen) atoms. The molecule has 0 unspecified atom stereocenters. The van der Waals surface area contributed by atoms with Gasteiger partial charge in [-0.25, -0.2) is 0 Å². The lowest BCUT2D eigenvalue weighted by atomic mass is 10.1. The molecular formula is C14H20N2O3. The van der Waals surface area contributed by atoms with Crippen LogP contribution in [0.15, 0.2) is 24.3 Å². The lowest BCUT2D eigenvalue weighted by Gasteiger charge is -2.30. The number of amides is 1. The molecule has 0 aliphatic carbocycles. The average molecular weight is 264 g/mol. The summed E-state index contributed by atoms with van der Waals surface area (Å²) in [6.45, 7) is 7.92. The van der Waals surface area contributed by atoms with Crippen molar-refractivity contribution >= 4 is 11.6 Å². The van der Waals surface area contributed by atoms with Gasteiger partial charge < -0.3 is 4.90 Å². The van der Waals surface area contributed by atoms with Crippen molar-refractivity contribution in [2.24, 2.45) is 0 Å². The Morgan fingerprint density at radius 1 is 1.16 bits per heavy atom. The Hall–Kier alpha value is -1.91. The van der Waals surface area contributed by atoms with E-state index in [2.05, 4.69) is 0 Å². The van der Waals surface area contributed by atoms with Crippen molar-refractivity contribution in [2.45, 2.75) is 46.2 Å². The highest BCUT2D eigenvalue weighted by Gasteiger charge is 2.20. The minimum atomic E-state index is -0.444. The van der Waals surface area contributed by atoms with Gasteiger partial charge in [-0.15, -0.1) is 0 Å². The molecule has 0 N–H and O–H groups in total. The summed E-state index contributed by atoms with van der Waals surface area (Å²) in [6.07, 6.45) is 0.272. The molecule has 0 atom stereocenters. The molecule has 0 spiro atoms. The Balaban J connectivity index is 2.78. The minimum absolute atomic E-state index is 0.0406. The van der Waals surface area contributed by atoms with Crippen LogP contribution in [0, 0.1) is 10.1 Å². The van der Waals surface area contributed by atoms with Crippen molar-refractivity contribution in [3.8, 4) is 0 Å². The first-order valence-electron chi connectivity index (χ1n) is 6.37. The average Bonchev–Trinajstić information content (AvgIpc) is 2.28. The zero-order valence-corrected chi connectivity index (χ0v) is 11.8. The van der Waals surface area contributed by atoms with Crippen LogP contribution >= 0.6 is 0 Å². The highest BCUT2D eigenvalue weighted by atomic mass is 16.6. The Morgan fingerprint density at radius 3 is 2.00 bits per heavy atom. The fraction of sp³-hybridized carbons (Fsp3) is 0.500. The fourth-order valence-electron chi connectivity index (χ4n) is 2.17. The number of nitro groups is 1. The van der Waals surface area contributed by atoms with Crippen molar-refractivity contribution < 1.29 is 9.72 Å². The maximum atomic E-state index is 12.2. The molecule has 0 aromatic heterocycles. The van der Waals surface area contributed by atoms with Crippen LogP contribution in [-0.2, 0) is 11.2 Å². The van der Waals surface area contributed by atoms with E-state index in [1.165, 1.54) is 12.1 Å². The molecule has 0 saturated carbocycles. The molecular weight excluding hydrogens is 244 g/mol. The van der Waals surface area contributed by atoms with E-state index in [0.717, 1.165) is 5.56 Å². The van der Waals surface area contributed by atoms with Gasteiger partial charge in [0.2, 0.25) is 5.91 Å². The van der Waals surface area contributed by atoms with Gasteiger partial charge in [0.1, 0.15) is 0 Å². The van der Waals surface area contributed by atoms with Crippen molar-refractivity contribution in [3.05, 3.63) is 39.9 Å². The number of carbonyl (C=O) groups excluding carboxylic acids is 1. The zero-order chi connectivity index (χ0) is 14.6. The highest BCUT2D eigenvalue weighted by Crippen LogP contribution is 2.14. The summed E-state index contributed by atoms with van der Waals surface area (Å²) in [7, 11) is 0. The van der Waals surface area contributed by atoms with Crippen molar-refractivity contribution in [1.29, 1.82) is 0 Å². The molecule has 5 heteroatoms. The van der Waals surface area contributed by atoms with Crippen molar-refractivity contribution in [1.82, 2.24) is 4.90 Å². The van der Waals surface area contributed by atoms with Crippen molar-refractivity contribution in [2.75, 3.05) is 0 Å². The lowest BCUT2D eigenvalue weighted by molar-refractivity contribution is -0.384. The zero-order valence-electron chi connectivity index (χ0n) is 11.8. The van der Waals surface area contributed by atoms with Crippen LogP contribution in [-0.4, -0.2) is 27.8 Å². The predicted octanol–water partition coefficient (Wildman–Crippen LogP) is 2.78. The molecule has 0 aliphatic rings. The van der Waals surface area contributed by atoms with Gasteiger partial charge in [-0.05, 0) is 33.3 Å². The maximum Gasteiger partial charge on any atom is 0.269 e. The standard InChI is InChI=1S/C14H20N2O3/c1-10(2)15(11(3)4)14(17)9-12-5-7-13(8-6-12)16(18)19/h5-8,10-11H,9H2,1-4H3. The number of rotatable bonds is 5. The number of nitrogens with zero attached hydrogens (tertiary/aromatic N) is 2. The SMILES string of the molecule is CC(C)N(C(=O)Cc1ccc([N+](=O)[O-])cc1)C(C)C. The second-order valence-corrected chi connectivity index (χ2v) is 5.09. The monoisotopic (exact) mass is 264 g/mol. The van der Waals surface area contributed by atoms with E-state index in [1.54, 1.807) is 12.1 Å². The Bertz CT molecular complexity index is 444. The van der Waals surface area contributed by atoms with Gasteiger partial charge in [0, 0.05) is 24.2 Å². The molecule has 0 saturated heterocycles. The second-order valence-electron chi connectivity index (χ2n) is 5.09. The summed E-state index contributed by atoms with van der Waals surface area (Å²) in [6, 6.07) is 6.41. The molecule has 5 nitrogen and oxygen atoms in total. The molecule has 1 amide bonds. The number of benzene rings is 1. The van der Waals surface area contributed by atoms with Gasteiger partial charge in [-0.1, -0.05) is 12.1 Å². The van der Waals surface area contributed by atoms with Gasteiger partial charge in [-0.3, -0.25) is 14.9 Å². The van der Waals surface area contributed by atoms with Gasteiger partial charge in [0.15, 0.2) is 0 Å². The Labute approximate surface area is 113 Å². The number of nitro benzene ring substituents is 1. The summed E-state index contributed by atoms with van der Waals surface area (Å²) in [5.74, 6) is 0.0406. The molecule has 0 radical (unpaired) electrons. The maximum absolute atomic E-state index is 12.2. The quantitative estimate of drug-likeness (QED) is 0.606. The third-order valence-corrected chi connectivity index (χ3v) is 2.90. The van der Waals surface area contributed by atoms with Gasteiger partial charge in [0.25, 0.3) is 5.69 Å². The van der Waals surface area contributed by atoms with Crippen LogP contribution in [0.5, 0.6) is 0 Å². The number of non-ortho nitro benzene ring substituents is 1. The normalized spacial score (nSPS) is 10.8. The fourth-order valence-corrected chi connectivity index (χ4v) is 2.17. The van der Waals surface area contributed by atoms with Crippen LogP contribution < -0.4 is 0 Å². The number of carbonyl (C=O) groups is 1. The minimum Gasteiger partial charge on any atom is -0.338 e. The molecule has 1 aromatic carbocycles. The molecule has 1 rings (SSSR count). The Kier molecular flexibility index (Phi) is 5.03. The first kappa shape index (κ1) is 15.1. The predicted molar refractivity (Wildman–Crippen MR) is 73.9 cm³/mol. The van der Waals surface area contributed by atoms with Crippen LogP contribution in [0.2, 0.25) is 0 Å². The van der Waals surface area contributed by atoms with Gasteiger partial charge in [-0.2, -0.15) is 0 Å². The van der Waals surface area contributed by atoms with E-state index in [0.29, 0.717) is 0 Å². The van der Waals surface area contributed by atoms with E-state index < -0.39 is 4.92 Å². The topological polar surface area (TPSA) is 63.5 Å². The van der Waals surface area contributed by atoms with Crippen molar-refractivity contribution in [3.63, 3.8) is 0 Å². The molecule has 0 aliphatic heterocycles. The highest BCUT2D eigenvalue weighted by molar-refractivity contribution is 5.79. The largest absolute Gasteiger partial charge is 0.338 e. The van der Waals surface area contributed by atoms with Crippen LogP contribution in [0.4, 0.5) is 5.69 Å². The second kappa shape index (κ2) is 6.31. The molecule has 0 bridgehead atoms. The van der Waals surface area contributed by atoms with E-state index in [1.807, 2.05) is 32.6 Å². The molecule has 0 heterocycles.